The van der Waals surface area contributed by atoms with E-state index < -0.39 is 12.1 Å². The summed E-state index contributed by atoms with van der Waals surface area (Å²) in [6, 6.07) is 14.5. The summed E-state index contributed by atoms with van der Waals surface area (Å²) in [5, 5.41) is 4.65. The Labute approximate surface area is 155 Å². The van der Waals surface area contributed by atoms with Gasteiger partial charge in [-0.25, -0.2) is 4.79 Å². The van der Waals surface area contributed by atoms with Gasteiger partial charge in [0.2, 0.25) is 0 Å². The zero-order chi connectivity index (χ0) is 19.0. The maximum absolute atomic E-state index is 12.2. The fourth-order valence-electron chi connectivity index (χ4n) is 3.45. The van der Waals surface area contributed by atoms with Crippen LogP contribution in [-0.2, 0) is 0 Å². The number of carbonyl (C=O) groups is 2. The Balaban J connectivity index is 1.93. The zero-order valence-electron chi connectivity index (χ0n) is 14.8. The number of carbonyl (C=O) groups excluding carboxylic acids is 2. The third kappa shape index (κ3) is 2.75. The zero-order valence-corrected chi connectivity index (χ0v) is 14.8. The molecule has 1 aliphatic heterocycles. The number of benzene rings is 3. The third-order valence-corrected chi connectivity index (χ3v) is 4.67. The molecule has 6 heteroatoms. The van der Waals surface area contributed by atoms with Crippen molar-refractivity contribution in [2.24, 2.45) is 0 Å². The maximum Gasteiger partial charge on any atom is 0.413 e. The molecular formula is C21H17NO5. The predicted octanol–water partition coefficient (Wildman–Crippen LogP) is 3.86. The molecule has 0 fully saturated rings. The quantitative estimate of drug-likeness (QED) is 0.713. The average Bonchev–Trinajstić information content (AvgIpc) is 2.71. The molecule has 3 aromatic carbocycles. The lowest BCUT2D eigenvalue weighted by molar-refractivity contribution is 0.111. The molecule has 1 heterocycles. The molecular weight excluding hydrogens is 346 g/mol. The van der Waals surface area contributed by atoms with Crippen LogP contribution in [0.3, 0.4) is 0 Å². The van der Waals surface area contributed by atoms with E-state index >= 15 is 0 Å². The second-order valence-corrected chi connectivity index (χ2v) is 6.14. The molecule has 0 radical (unpaired) electrons. The van der Waals surface area contributed by atoms with Gasteiger partial charge in [-0.3, -0.25) is 4.79 Å². The van der Waals surface area contributed by atoms with Gasteiger partial charge in [0.05, 0.1) is 25.8 Å². The van der Waals surface area contributed by atoms with E-state index in [0.717, 1.165) is 16.3 Å². The molecule has 1 N–H and O–H groups in total. The van der Waals surface area contributed by atoms with Gasteiger partial charge in [-0.2, -0.15) is 0 Å². The highest BCUT2D eigenvalue weighted by Gasteiger charge is 2.30. The van der Waals surface area contributed by atoms with E-state index in [4.69, 9.17) is 14.2 Å². The van der Waals surface area contributed by atoms with Crippen molar-refractivity contribution in [2.45, 2.75) is 6.04 Å². The Hall–Kier alpha value is -3.54. The van der Waals surface area contributed by atoms with E-state index in [9.17, 15) is 9.59 Å². The average molecular weight is 363 g/mol. The van der Waals surface area contributed by atoms with Gasteiger partial charge < -0.3 is 19.5 Å². The normalized spacial score (nSPS) is 15.5. The molecule has 0 spiro atoms. The van der Waals surface area contributed by atoms with Crippen molar-refractivity contribution in [1.82, 2.24) is 5.32 Å². The number of hydrogen-bond acceptors (Lipinski definition) is 5. The first kappa shape index (κ1) is 16.9. The summed E-state index contributed by atoms with van der Waals surface area (Å²) in [4.78, 5) is 23.8. The van der Waals surface area contributed by atoms with E-state index in [-0.39, 0.29) is 0 Å². The summed E-state index contributed by atoms with van der Waals surface area (Å²) in [7, 11) is 2.97. The standard InChI is InChI=1S/C21H17NO5/c1-25-17-10-13(9-14(11-23)19(17)26-2)18-16-8-7-12-5-3-4-6-15(12)20(16)27-21(24)22-18/h3-11,18H,1-2H3,(H,22,24). The number of amides is 1. The number of ether oxygens (including phenoxy) is 3. The van der Waals surface area contributed by atoms with Crippen LogP contribution in [0.5, 0.6) is 17.2 Å². The molecule has 136 valence electrons. The van der Waals surface area contributed by atoms with Gasteiger partial charge in [0.1, 0.15) is 5.75 Å². The van der Waals surface area contributed by atoms with Gasteiger partial charge in [0, 0.05) is 10.9 Å². The Kier molecular flexibility index (Phi) is 4.16. The second kappa shape index (κ2) is 6.64. The van der Waals surface area contributed by atoms with E-state index in [1.165, 1.54) is 14.2 Å². The van der Waals surface area contributed by atoms with Gasteiger partial charge in [-0.15, -0.1) is 0 Å². The van der Waals surface area contributed by atoms with Crippen molar-refractivity contribution in [3.63, 3.8) is 0 Å². The molecule has 6 nitrogen and oxygen atoms in total. The first-order chi connectivity index (χ1) is 13.2. The summed E-state index contributed by atoms with van der Waals surface area (Å²) in [5.74, 6) is 1.29. The highest BCUT2D eigenvalue weighted by Crippen LogP contribution is 2.41. The first-order valence-corrected chi connectivity index (χ1v) is 8.37. The highest BCUT2D eigenvalue weighted by molar-refractivity contribution is 5.93. The van der Waals surface area contributed by atoms with Crippen LogP contribution in [0.1, 0.15) is 27.5 Å². The van der Waals surface area contributed by atoms with Crippen molar-refractivity contribution in [3.8, 4) is 17.2 Å². The van der Waals surface area contributed by atoms with Gasteiger partial charge in [0.15, 0.2) is 17.8 Å². The monoisotopic (exact) mass is 363 g/mol. The number of hydrogen-bond donors (Lipinski definition) is 1. The van der Waals surface area contributed by atoms with Crippen LogP contribution in [0.15, 0.2) is 48.5 Å². The molecule has 1 amide bonds. The lowest BCUT2D eigenvalue weighted by Crippen LogP contribution is -2.36. The van der Waals surface area contributed by atoms with E-state index in [2.05, 4.69) is 5.32 Å². The van der Waals surface area contributed by atoms with Crippen molar-refractivity contribution in [1.29, 1.82) is 0 Å². The molecule has 27 heavy (non-hydrogen) atoms. The second-order valence-electron chi connectivity index (χ2n) is 6.14. The Morgan fingerprint density at radius 2 is 1.89 bits per heavy atom. The minimum Gasteiger partial charge on any atom is -0.493 e. The van der Waals surface area contributed by atoms with Crippen LogP contribution in [0.4, 0.5) is 4.79 Å². The molecule has 1 atom stereocenters. The largest absolute Gasteiger partial charge is 0.493 e. The molecule has 1 unspecified atom stereocenters. The van der Waals surface area contributed by atoms with Gasteiger partial charge >= 0.3 is 6.09 Å². The molecule has 1 aliphatic rings. The lowest BCUT2D eigenvalue weighted by atomic mass is 9.93. The van der Waals surface area contributed by atoms with Crippen LogP contribution < -0.4 is 19.5 Å². The highest BCUT2D eigenvalue weighted by atomic mass is 16.6. The SMILES string of the molecule is COc1cc(C2NC(=O)Oc3c2ccc2ccccc32)cc(C=O)c1OC. The first-order valence-electron chi connectivity index (χ1n) is 8.37. The fourth-order valence-corrected chi connectivity index (χ4v) is 3.45. The van der Waals surface area contributed by atoms with Crippen LogP contribution in [-0.4, -0.2) is 26.6 Å². The molecule has 0 saturated heterocycles. The Morgan fingerprint density at radius 3 is 2.63 bits per heavy atom. The van der Waals surface area contributed by atoms with Crippen molar-refractivity contribution in [3.05, 3.63) is 65.2 Å². The maximum atomic E-state index is 12.2. The Bertz CT molecular complexity index is 1060. The van der Waals surface area contributed by atoms with E-state index in [0.29, 0.717) is 34.7 Å². The minimum absolute atomic E-state index is 0.343. The van der Waals surface area contributed by atoms with E-state index in [1.54, 1.807) is 12.1 Å². The molecule has 0 saturated carbocycles. The van der Waals surface area contributed by atoms with Crippen molar-refractivity contribution >= 4 is 23.2 Å². The summed E-state index contributed by atoms with van der Waals surface area (Å²) >= 11 is 0. The van der Waals surface area contributed by atoms with Crippen LogP contribution in [0, 0.1) is 0 Å². The van der Waals surface area contributed by atoms with Crippen molar-refractivity contribution in [2.75, 3.05) is 14.2 Å². The third-order valence-electron chi connectivity index (χ3n) is 4.67. The predicted molar refractivity (Wildman–Crippen MR) is 99.9 cm³/mol. The number of nitrogens with one attached hydrogen (secondary N) is 1. The number of rotatable bonds is 4. The summed E-state index contributed by atoms with van der Waals surface area (Å²) in [6.07, 6.45) is 0.152. The number of aldehydes is 1. The van der Waals surface area contributed by atoms with Crippen LogP contribution in [0.2, 0.25) is 0 Å². The molecule has 3 aromatic rings. The van der Waals surface area contributed by atoms with Crippen LogP contribution >= 0.6 is 0 Å². The fraction of sp³-hybridized carbons (Fsp3) is 0.143. The molecule has 0 aliphatic carbocycles. The lowest BCUT2D eigenvalue weighted by Gasteiger charge is -2.28. The summed E-state index contributed by atoms with van der Waals surface area (Å²) < 4.78 is 16.1. The van der Waals surface area contributed by atoms with Crippen molar-refractivity contribution < 1.29 is 23.8 Å². The molecule has 0 bridgehead atoms. The molecule has 4 rings (SSSR count). The smallest absolute Gasteiger partial charge is 0.413 e. The van der Waals surface area contributed by atoms with Gasteiger partial charge in [-0.1, -0.05) is 36.4 Å². The van der Waals surface area contributed by atoms with Gasteiger partial charge in [-0.05, 0) is 23.1 Å². The summed E-state index contributed by atoms with van der Waals surface area (Å²) in [5.41, 5.74) is 1.84. The minimum atomic E-state index is -0.550. The Morgan fingerprint density at radius 1 is 1.07 bits per heavy atom. The topological polar surface area (TPSA) is 73.9 Å². The van der Waals surface area contributed by atoms with Crippen LogP contribution in [0.25, 0.3) is 10.8 Å². The number of fused-ring (bicyclic) bond motifs is 3. The van der Waals surface area contributed by atoms with Gasteiger partial charge in [0.25, 0.3) is 0 Å². The molecule has 0 aromatic heterocycles. The summed E-state index contributed by atoms with van der Waals surface area (Å²) in [6.45, 7) is 0. The van der Waals surface area contributed by atoms with E-state index in [1.807, 2.05) is 36.4 Å². The number of methoxy groups -OCH3 is 2.